The molecule has 0 nitrogen and oxygen atoms in total. The Labute approximate surface area is 192 Å². The minimum Gasteiger partial charge on any atom is -0.0988 e. The average molecular weight is 415 g/mol. The van der Waals surface area contributed by atoms with Gasteiger partial charge in [-0.2, -0.15) is 0 Å². The fraction of sp³-hybridized carbons (Fsp3) is 0.355. The van der Waals surface area contributed by atoms with Crippen LogP contribution in [0.25, 0.3) is 0 Å². The van der Waals surface area contributed by atoms with E-state index >= 15 is 0 Å². The first-order valence-electron chi connectivity index (χ1n) is 11.4. The first kappa shape index (κ1) is 26.4. The molecule has 1 aliphatic rings. The minimum atomic E-state index is 0.296. The second-order valence-corrected chi connectivity index (χ2v) is 9.21. The largest absolute Gasteiger partial charge is 0.0988 e. The number of hydrogen-bond acceptors (Lipinski definition) is 0. The maximum Gasteiger partial charge on any atom is -0.0104 e. The average Bonchev–Trinajstić information content (AvgIpc) is 2.70. The number of allylic oxidation sites excluding steroid dienone is 19. The molecule has 1 aliphatic carbocycles. The van der Waals surface area contributed by atoms with Gasteiger partial charge in [-0.1, -0.05) is 127 Å². The van der Waals surface area contributed by atoms with Crippen LogP contribution in [0.4, 0.5) is 0 Å². The third kappa shape index (κ3) is 10.8. The predicted molar refractivity (Wildman–Crippen MR) is 142 cm³/mol. The Morgan fingerprint density at radius 2 is 1.23 bits per heavy atom. The summed E-state index contributed by atoms with van der Waals surface area (Å²) in [5.74, 6) is 0. The molecule has 0 saturated carbocycles. The second-order valence-electron chi connectivity index (χ2n) is 9.21. The van der Waals surface area contributed by atoms with Crippen LogP contribution in [0.15, 0.2) is 119 Å². The molecule has 0 aromatic heterocycles. The van der Waals surface area contributed by atoms with Crippen molar-refractivity contribution in [1.82, 2.24) is 0 Å². The quantitative estimate of drug-likeness (QED) is 0.329. The molecule has 0 heteroatoms. The first-order chi connectivity index (χ1) is 14.7. The normalized spacial score (nSPS) is 19.6. The van der Waals surface area contributed by atoms with E-state index in [2.05, 4.69) is 121 Å². The van der Waals surface area contributed by atoms with Gasteiger partial charge in [-0.15, -0.1) is 0 Å². The van der Waals surface area contributed by atoms with Crippen molar-refractivity contribution >= 4 is 0 Å². The first-order valence-corrected chi connectivity index (χ1v) is 11.4. The highest BCUT2D eigenvalue weighted by atomic mass is 14.3. The van der Waals surface area contributed by atoms with Crippen molar-refractivity contribution in [3.8, 4) is 0 Å². The van der Waals surface area contributed by atoms with Crippen molar-refractivity contribution in [2.24, 2.45) is 5.41 Å². The molecule has 0 atom stereocenters. The topological polar surface area (TPSA) is 0 Å². The highest BCUT2D eigenvalue weighted by Gasteiger charge is 2.26. The zero-order valence-electron chi connectivity index (χ0n) is 20.8. The van der Waals surface area contributed by atoms with Crippen LogP contribution in [-0.4, -0.2) is 0 Å². The third-order valence-corrected chi connectivity index (χ3v) is 5.64. The fourth-order valence-corrected chi connectivity index (χ4v) is 3.58. The van der Waals surface area contributed by atoms with Crippen molar-refractivity contribution in [2.45, 2.75) is 67.7 Å². The lowest BCUT2D eigenvalue weighted by molar-refractivity contribution is 0.377. The van der Waals surface area contributed by atoms with E-state index in [9.17, 15) is 0 Å². The van der Waals surface area contributed by atoms with Gasteiger partial charge in [-0.25, -0.2) is 0 Å². The molecular formula is C31H42. The van der Waals surface area contributed by atoms with Crippen LogP contribution < -0.4 is 0 Å². The maximum atomic E-state index is 3.75. The molecule has 0 unspecified atom stereocenters. The summed E-state index contributed by atoms with van der Waals surface area (Å²) in [5, 5.41) is 0. The summed E-state index contributed by atoms with van der Waals surface area (Å²) in [6, 6.07) is 0. The smallest absolute Gasteiger partial charge is 0.0104 e. The van der Waals surface area contributed by atoms with Crippen LogP contribution in [0.2, 0.25) is 0 Å². The van der Waals surface area contributed by atoms with E-state index in [1.165, 1.54) is 41.6 Å². The van der Waals surface area contributed by atoms with Gasteiger partial charge in [0.25, 0.3) is 0 Å². The van der Waals surface area contributed by atoms with Gasteiger partial charge in [-0.3, -0.25) is 0 Å². The molecule has 0 aromatic rings. The van der Waals surface area contributed by atoms with Gasteiger partial charge in [0.15, 0.2) is 0 Å². The van der Waals surface area contributed by atoms with Crippen molar-refractivity contribution < 1.29 is 0 Å². The Kier molecular flexibility index (Phi) is 11.6. The van der Waals surface area contributed by atoms with Crippen molar-refractivity contribution in [3.05, 3.63) is 119 Å². The van der Waals surface area contributed by atoms with Gasteiger partial charge >= 0.3 is 0 Å². The third-order valence-electron chi connectivity index (χ3n) is 5.64. The van der Waals surface area contributed by atoms with E-state index in [0.29, 0.717) is 5.41 Å². The molecule has 0 spiro atoms. The van der Waals surface area contributed by atoms with Gasteiger partial charge in [0.05, 0.1) is 0 Å². The molecule has 0 N–H and O–H groups in total. The van der Waals surface area contributed by atoms with E-state index in [1.54, 1.807) is 5.57 Å². The molecule has 0 fully saturated rings. The highest BCUT2D eigenvalue weighted by Crippen LogP contribution is 2.40. The van der Waals surface area contributed by atoms with Crippen LogP contribution in [-0.2, 0) is 0 Å². The Morgan fingerprint density at radius 1 is 0.742 bits per heavy atom. The van der Waals surface area contributed by atoms with Crippen LogP contribution in [0.1, 0.15) is 67.7 Å². The van der Waals surface area contributed by atoms with E-state index in [1.807, 2.05) is 13.0 Å². The summed E-state index contributed by atoms with van der Waals surface area (Å²) in [5.41, 5.74) is 8.23. The van der Waals surface area contributed by atoms with Crippen LogP contribution >= 0.6 is 0 Å². The summed E-state index contributed by atoms with van der Waals surface area (Å²) in [7, 11) is 0. The SMILES string of the molecule is C=C/C(C)=C/C=C/C(C)=C\C=C\C=C(C)\C=C/C=C(C)\C=C\C1=C(C)CCCC1(C)C. The maximum absolute atomic E-state index is 3.75. The van der Waals surface area contributed by atoms with E-state index < -0.39 is 0 Å². The zero-order chi connectivity index (χ0) is 23.3. The van der Waals surface area contributed by atoms with Crippen LogP contribution in [0.3, 0.4) is 0 Å². The van der Waals surface area contributed by atoms with Gasteiger partial charge in [-0.05, 0) is 64.9 Å². The lowest BCUT2D eigenvalue weighted by atomic mass is 9.72. The van der Waals surface area contributed by atoms with E-state index in [-0.39, 0.29) is 0 Å². The van der Waals surface area contributed by atoms with Crippen molar-refractivity contribution in [2.75, 3.05) is 0 Å². The molecular weight excluding hydrogens is 372 g/mol. The fourth-order valence-electron chi connectivity index (χ4n) is 3.58. The summed E-state index contributed by atoms with van der Waals surface area (Å²) >= 11 is 0. The Morgan fingerprint density at radius 3 is 1.74 bits per heavy atom. The Bertz CT molecular complexity index is 880. The second kappa shape index (κ2) is 13.7. The molecule has 0 heterocycles. The van der Waals surface area contributed by atoms with E-state index in [4.69, 9.17) is 0 Å². The molecule has 0 bridgehead atoms. The molecule has 0 amide bonds. The van der Waals surface area contributed by atoms with Crippen LogP contribution in [0, 0.1) is 5.41 Å². The van der Waals surface area contributed by atoms with Gasteiger partial charge in [0.2, 0.25) is 0 Å². The molecule has 31 heavy (non-hydrogen) atoms. The van der Waals surface area contributed by atoms with Crippen molar-refractivity contribution in [3.63, 3.8) is 0 Å². The lowest BCUT2D eigenvalue weighted by Gasteiger charge is -2.32. The minimum absolute atomic E-state index is 0.296. The molecule has 1 rings (SSSR count). The summed E-state index contributed by atoms with van der Waals surface area (Å²) in [6.45, 7) is 19.2. The Hall–Kier alpha value is -2.60. The number of hydrogen-bond donors (Lipinski definition) is 0. The monoisotopic (exact) mass is 414 g/mol. The molecule has 0 radical (unpaired) electrons. The molecule has 0 saturated heterocycles. The lowest BCUT2D eigenvalue weighted by Crippen LogP contribution is -2.19. The summed E-state index contributed by atoms with van der Waals surface area (Å²) < 4.78 is 0. The summed E-state index contributed by atoms with van der Waals surface area (Å²) in [6.07, 6.45) is 31.3. The van der Waals surface area contributed by atoms with Crippen molar-refractivity contribution in [1.29, 1.82) is 0 Å². The van der Waals surface area contributed by atoms with E-state index in [0.717, 1.165) is 5.57 Å². The van der Waals surface area contributed by atoms with Gasteiger partial charge in [0, 0.05) is 0 Å². The van der Waals surface area contributed by atoms with Gasteiger partial charge in [0.1, 0.15) is 0 Å². The van der Waals surface area contributed by atoms with Gasteiger partial charge < -0.3 is 0 Å². The van der Waals surface area contributed by atoms with Crippen LogP contribution in [0.5, 0.6) is 0 Å². The predicted octanol–water partition coefficient (Wildman–Crippen LogP) is 9.71. The Balaban J connectivity index is 2.65. The summed E-state index contributed by atoms with van der Waals surface area (Å²) in [4.78, 5) is 0. The highest BCUT2D eigenvalue weighted by molar-refractivity contribution is 5.37. The number of rotatable bonds is 9. The zero-order valence-corrected chi connectivity index (χ0v) is 20.8. The molecule has 0 aromatic carbocycles. The molecule has 166 valence electrons. The standard InChI is InChI=1S/C31H42/c1-9-25(2)17-12-18-26(3)15-10-11-16-27(4)19-13-20-28(5)22-23-30-29(6)21-14-24-31(30,7)8/h9-13,15-20,22-23H,1,14,21,24H2,2-8H3/b11-10+,18-12+,19-13-,23-22+,25-17+,26-15-,27-16+,28-20-. The molecule has 0 aliphatic heterocycles.